The highest BCUT2D eigenvalue weighted by Gasteiger charge is 2.09. The third kappa shape index (κ3) is 1.75. The molecular formula is C11H11FN2O. The summed E-state index contributed by atoms with van der Waals surface area (Å²) in [5.74, 6) is -0.390. The first-order valence-electron chi connectivity index (χ1n) is 4.67. The molecule has 0 atom stereocenters. The Labute approximate surface area is 86.5 Å². The van der Waals surface area contributed by atoms with E-state index in [0.29, 0.717) is 5.56 Å². The molecule has 0 radical (unpaired) electrons. The summed E-state index contributed by atoms with van der Waals surface area (Å²) in [6.45, 7) is 1.45. The molecule has 4 heteroatoms. The number of hydrogen-bond donors (Lipinski definition) is 0. The first-order chi connectivity index (χ1) is 7.08. The number of carbonyl (C=O) groups excluding carboxylic acids is 1. The summed E-state index contributed by atoms with van der Waals surface area (Å²) in [6, 6.07) is 3.10. The van der Waals surface area contributed by atoms with Crippen LogP contribution in [0.2, 0.25) is 0 Å². The Morgan fingerprint density at radius 3 is 2.93 bits per heavy atom. The number of fused-ring (bicyclic) bond motifs is 1. The summed E-state index contributed by atoms with van der Waals surface area (Å²) >= 11 is 0. The topological polar surface area (TPSA) is 34.9 Å². The number of rotatable bonds is 2. The molecule has 0 aliphatic rings. The van der Waals surface area contributed by atoms with Crippen LogP contribution in [0, 0.1) is 5.82 Å². The molecule has 1 aromatic carbocycles. The molecule has 0 saturated carbocycles. The van der Waals surface area contributed by atoms with E-state index < -0.39 is 0 Å². The molecule has 0 N–H and O–H groups in total. The van der Waals surface area contributed by atoms with Gasteiger partial charge >= 0.3 is 0 Å². The Morgan fingerprint density at radius 2 is 2.27 bits per heavy atom. The lowest BCUT2D eigenvalue weighted by Crippen LogP contribution is -1.99. The smallest absolute Gasteiger partial charge is 0.134 e. The van der Waals surface area contributed by atoms with E-state index in [2.05, 4.69) is 5.10 Å². The molecular weight excluding hydrogens is 195 g/mol. The minimum Gasteiger partial charge on any atom is -0.300 e. The fourth-order valence-electron chi connectivity index (χ4n) is 1.62. The van der Waals surface area contributed by atoms with Gasteiger partial charge in [-0.05, 0) is 18.6 Å². The Morgan fingerprint density at radius 1 is 1.53 bits per heavy atom. The average molecular weight is 206 g/mol. The summed E-state index contributed by atoms with van der Waals surface area (Å²) in [5.41, 5.74) is 1.17. The largest absolute Gasteiger partial charge is 0.300 e. The first kappa shape index (κ1) is 9.83. The van der Waals surface area contributed by atoms with Crippen molar-refractivity contribution < 1.29 is 9.18 Å². The average Bonchev–Trinajstić information content (AvgIpc) is 2.48. The molecule has 0 aliphatic carbocycles. The van der Waals surface area contributed by atoms with Gasteiger partial charge in [0.25, 0.3) is 0 Å². The highest BCUT2D eigenvalue weighted by Crippen LogP contribution is 2.19. The molecule has 0 amide bonds. The molecule has 0 saturated heterocycles. The number of aromatic nitrogens is 2. The summed E-state index contributed by atoms with van der Waals surface area (Å²) in [6.07, 6.45) is 1.80. The summed E-state index contributed by atoms with van der Waals surface area (Å²) in [5, 5.41) is 4.88. The number of Topliss-reactive ketones (excluding diaryl/α,β-unsaturated/α-hetero) is 1. The van der Waals surface area contributed by atoms with Crippen molar-refractivity contribution in [3.63, 3.8) is 0 Å². The van der Waals surface area contributed by atoms with Crippen molar-refractivity contribution in [3.05, 3.63) is 29.7 Å². The van der Waals surface area contributed by atoms with Gasteiger partial charge in [0.05, 0.1) is 11.7 Å². The van der Waals surface area contributed by atoms with Crippen LogP contribution in [0.15, 0.2) is 18.3 Å². The van der Waals surface area contributed by atoms with Crippen molar-refractivity contribution in [2.24, 2.45) is 7.05 Å². The third-order valence-corrected chi connectivity index (χ3v) is 2.35. The van der Waals surface area contributed by atoms with E-state index in [-0.39, 0.29) is 18.0 Å². The van der Waals surface area contributed by atoms with Gasteiger partial charge in [0.1, 0.15) is 11.6 Å². The van der Waals surface area contributed by atoms with Crippen molar-refractivity contribution >= 4 is 16.7 Å². The highest BCUT2D eigenvalue weighted by atomic mass is 19.1. The third-order valence-electron chi connectivity index (χ3n) is 2.35. The van der Waals surface area contributed by atoms with E-state index in [1.807, 2.05) is 0 Å². The van der Waals surface area contributed by atoms with Crippen LogP contribution in [0.25, 0.3) is 10.9 Å². The van der Waals surface area contributed by atoms with E-state index in [4.69, 9.17) is 0 Å². The second kappa shape index (κ2) is 3.46. The normalized spacial score (nSPS) is 10.9. The van der Waals surface area contributed by atoms with Crippen LogP contribution in [-0.4, -0.2) is 15.6 Å². The standard InChI is InChI=1S/C11H11FN2O/c1-7(15)3-8-4-9-6-13-14(2)11(9)5-10(8)12/h4-6H,3H2,1-2H3. The van der Waals surface area contributed by atoms with Gasteiger partial charge in [0.2, 0.25) is 0 Å². The molecule has 2 aromatic rings. The van der Waals surface area contributed by atoms with Gasteiger partial charge in [0, 0.05) is 24.9 Å². The van der Waals surface area contributed by atoms with Crippen LogP contribution in [0.4, 0.5) is 4.39 Å². The minimum absolute atomic E-state index is 0.0443. The molecule has 1 heterocycles. The van der Waals surface area contributed by atoms with Crippen molar-refractivity contribution in [3.8, 4) is 0 Å². The zero-order valence-corrected chi connectivity index (χ0v) is 8.62. The number of aryl methyl sites for hydroxylation is 1. The van der Waals surface area contributed by atoms with E-state index in [9.17, 15) is 9.18 Å². The maximum atomic E-state index is 13.5. The fraction of sp³-hybridized carbons (Fsp3) is 0.273. The lowest BCUT2D eigenvalue weighted by atomic mass is 10.1. The number of hydrogen-bond acceptors (Lipinski definition) is 2. The second-order valence-corrected chi connectivity index (χ2v) is 3.65. The summed E-state index contributed by atoms with van der Waals surface area (Å²) in [7, 11) is 1.76. The van der Waals surface area contributed by atoms with Crippen LogP contribution in [-0.2, 0) is 18.3 Å². The second-order valence-electron chi connectivity index (χ2n) is 3.65. The van der Waals surface area contributed by atoms with Gasteiger partial charge in [-0.25, -0.2) is 4.39 Å². The Balaban J connectivity index is 2.57. The molecule has 0 aliphatic heterocycles. The molecule has 78 valence electrons. The van der Waals surface area contributed by atoms with Crippen LogP contribution in [0.1, 0.15) is 12.5 Å². The van der Waals surface area contributed by atoms with Crippen molar-refractivity contribution in [1.29, 1.82) is 0 Å². The lowest BCUT2D eigenvalue weighted by molar-refractivity contribution is -0.116. The van der Waals surface area contributed by atoms with Crippen molar-refractivity contribution in [2.75, 3.05) is 0 Å². The fourth-order valence-corrected chi connectivity index (χ4v) is 1.62. The summed E-state index contributed by atoms with van der Waals surface area (Å²) in [4.78, 5) is 10.9. The first-order valence-corrected chi connectivity index (χ1v) is 4.67. The molecule has 3 nitrogen and oxygen atoms in total. The monoisotopic (exact) mass is 206 g/mol. The van der Waals surface area contributed by atoms with Gasteiger partial charge in [0.15, 0.2) is 0 Å². The van der Waals surface area contributed by atoms with Gasteiger partial charge in [-0.2, -0.15) is 5.10 Å². The van der Waals surface area contributed by atoms with E-state index in [1.54, 1.807) is 24.0 Å². The van der Waals surface area contributed by atoms with E-state index >= 15 is 0 Å². The number of carbonyl (C=O) groups is 1. The molecule has 2 rings (SSSR count). The van der Waals surface area contributed by atoms with Gasteiger partial charge in [-0.3, -0.25) is 9.48 Å². The Hall–Kier alpha value is -1.71. The van der Waals surface area contributed by atoms with Crippen LogP contribution in [0.5, 0.6) is 0 Å². The lowest BCUT2D eigenvalue weighted by Gasteiger charge is -2.01. The summed E-state index contributed by atoms with van der Waals surface area (Å²) < 4.78 is 15.2. The number of benzene rings is 1. The quantitative estimate of drug-likeness (QED) is 0.751. The van der Waals surface area contributed by atoms with Gasteiger partial charge < -0.3 is 0 Å². The van der Waals surface area contributed by atoms with Crippen molar-refractivity contribution in [2.45, 2.75) is 13.3 Å². The zero-order valence-electron chi connectivity index (χ0n) is 8.62. The van der Waals surface area contributed by atoms with Crippen LogP contribution in [0.3, 0.4) is 0 Å². The van der Waals surface area contributed by atoms with Gasteiger partial charge in [-0.15, -0.1) is 0 Å². The van der Waals surface area contributed by atoms with Gasteiger partial charge in [-0.1, -0.05) is 0 Å². The van der Waals surface area contributed by atoms with Crippen molar-refractivity contribution in [1.82, 2.24) is 9.78 Å². The molecule has 0 unspecified atom stereocenters. The molecule has 15 heavy (non-hydrogen) atoms. The Bertz CT molecular complexity index is 531. The number of nitrogens with zero attached hydrogens (tertiary/aromatic N) is 2. The zero-order chi connectivity index (χ0) is 11.0. The van der Waals surface area contributed by atoms with Crippen LogP contribution < -0.4 is 0 Å². The highest BCUT2D eigenvalue weighted by molar-refractivity contribution is 5.83. The number of ketones is 1. The predicted molar refractivity (Wildman–Crippen MR) is 55.1 cm³/mol. The van der Waals surface area contributed by atoms with E-state index in [1.165, 1.54) is 13.0 Å². The minimum atomic E-state index is -0.346. The molecule has 0 fully saturated rings. The molecule has 1 aromatic heterocycles. The predicted octanol–water partition coefficient (Wildman–Crippen LogP) is 1.84. The van der Waals surface area contributed by atoms with E-state index in [0.717, 1.165) is 10.9 Å². The Kier molecular flexibility index (Phi) is 2.26. The number of halogens is 1. The maximum Gasteiger partial charge on any atom is 0.134 e. The SMILES string of the molecule is CC(=O)Cc1cc2cnn(C)c2cc1F. The molecule has 0 bridgehead atoms. The van der Waals surface area contributed by atoms with Crippen LogP contribution >= 0.6 is 0 Å². The molecule has 0 spiro atoms. The maximum absolute atomic E-state index is 13.5.